The Hall–Kier alpha value is -2.67. The smallest absolute Gasteiger partial charge is 0.286 e. The minimum atomic E-state index is -1.99. The Morgan fingerprint density at radius 3 is 2.72 bits per heavy atom. The van der Waals surface area contributed by atoms with E-state index in [1.165, 1.54) is 6.92 Å². The molecule has 12 heteroatoms. The number of carbonyl (C=O) groups excluding carboxylic acids is 1. The summed E-state index contributed by atoms with van der Waals surface area (Å²) in [5.74, 6) is -1.25. The van der Waals surface area contributed by atoms with Crippen LogP contribution in [-0.4, -0.2) is 65.2 Å². The van der Waals surface area contributed by atoms with E-state index in [4.69, 9.17) is 16.2 Å². The summed E-state index contributed by atoms with van der Waals surface area (Å²) < 4.78 is 6.24. The minimum Gasteiger partial charge on any atom is -0.394 e. The van der Waals surface area contributed by atoms with E-state index >= 15 is 0 Å². The highest BCUT2D eigenvalue weighted by Gasteiger charge is 2.53. The normalized spacial score (nSPS) is 29.2. The summed E-state index contributed by atoms with van der Waals surface area (Å²) in [5.41, 5.74) is 7.04. The summed E-state index contributed by atoms with van der Waals surface area (Å²) in [5, 5.41) is 30.0. The number of aliphatic hydroxyl groups is 3. The van der Waals surface area contributed by atoms with Crippen LogP contribution in [0, 0.1) is 0 Å². The first-order chi connectivity index (χ1) is 11.7. The predicted octanol–water partition coefficient (Wildman–Crippen LogP) is -3.13. The third kappa shape index (κ3) is 2.42. The second kappa shape index (κ2) is 5.70. The summed E-state index contributed by atoms with van der Waals surface area (Å²) in [6.07, 6.45) is -3.09. The highest BCUT2D eigenvalue weighted by atomic mass is 16.6. The molecule has 0 aromatic carbocycles. The number of amides is 1. The molecule has 2 aromatic heterocycles. The molecule has 0 spiro atoms. The van der Waals surface area contributed by atoms with Crippen molar-refractivity contribution >= 4 is 22.9 Å². The van der Waals surface area contributed by atoms with E-state index in [2.05, 4.69) is 15.0 Å². The number of aliphatic hydroxyl groups excluding tert-OH is 2. The second-order valence-corrected chi connectivity index (χ2v) is 5.81. The van der Waals surface area contributed by atoms with Crippen LogP contribution in [0.1, 0.15) is 23.6 Å². The van der Waals surface area contributed by atoms with Crippen molar-refractivity contribution in [3.8, 4) is 0 Å². The molecule has 0 saturated carbocycles. The van der Waals surface area contributed by atoms with Crippen molar-refractivity contribution in [1.29, 1.82) is 0 Å². The van der Waals surface area contributed by atoms with E-state index in [0.717, 1.165) is 10.9 Å². The van der Waals surface area contributed by atoms with Crippen LogP contribution in [0.5, 0.6) is 0 Å². The molecule has 7 N–H and O–H groups in total. The zero-order chi connectivity index (χ0) is 18.5. The van der Waals surface area contributed by atoms with E-state index in [0.29, 0.717) is 0 Å². The van der Waals surface area contributed by atoms with Gasteiger partial charge in [0.1, 0.15) is 29.7 Å². The lowest BCUT2D eigenvalue weighted by molar-refractivity contribution is -0.0964. The maximum absolute atomic E-state index is 12.7. The largest absolute Gasteiger partial charge is 0.394 e. The predicted molar refractivity (Wildman–Crippen MR) is 82.1 cm³/mol. The number of anilines is 1. The SMILES string of the molecule is CC1(O)C(n2c(=O)c(C(N)=O)nc3c(N)ncnc32)OC(CO)[C@H]1O. The van der Waals surface area contributed by atoms with Gasteiger partial charge < -0.3 is 31.5 Å². The summed E-state index contributed by atoms with van der Waals surface area (Å²) >= 11 is 0. The van der Waals surface area contributed by atoms with Gasteiger partial charge in [-0.3, -0.25) is 14.2 Å². The third-order valence-electron chi connectivity index (χ3n) is 4.11. The number of primary amides is 1. The third-order valence-corrected chi connectivity index (χ3v) is 4.11. The molecule has 0 radical (unpaired) electrons. The van der Waals surface area contributed by atoms with Gasteiger partial charge in [0.15, 0.2) is 23.4 Å². The molecule has 0 bridgehead atoms. The van der Waals surface area contributed by atoms with Crippen molar-refractivity contribution in [2.24, 2.45) is 5.73 Å². The zero-order valence-corrected chi connectivity index (χ0v) is 13.0. The van der Waals surface area contributed by atoms with Crippen LogP contribution < -0.4 is 17.0 Å². The number of ether oxygens (including phenoxy) is 1. The summed E-state index contributed by atoms with van der Waals surface area (Å²) in [6.45, 7) is 0.608. The average molecular weight is 352 g/mol. The van der Waals surface area contributed by atoms with Crippen molar-refractivity contribution < 1.29 is 24.9 Å². The Bertz CT molecular complexity index is 912. The van der Waals surface area contributed by atoms with Crippen molar-refractivity contribution in [3.05, 3.63) is 22.4 Å². The van der Waals surface area contributed by atoms with Crippen LogP contribution >= 0.6 is 0 Å². The lowest BCUT2D eigenvalue weighted by Crippen LogP contribution is -2.47. The first-order valence-electron chi connectivity index (χ1n) is 7.19. The van der Waals surface area contributed by atoms with Gasteiger partial charge in [0, 0.05) is 0 Å². The number of aromatic nitrogens is 4. The van der Waals surface area contributed by atoms with Crippen LogP contribution in [0.4, 0.5) is 5.82 Å². The Morgan fingerprint density at radius 1 is 1.48 bits per heavy atom. The molecule has 1 aliphatic rings. The number of nitrogens with two attached hydrogens (primary N) is 2. The Kier molecular flexibility index (Phi) is 3.91. The molecule has 25 heavy (non-hydrogen) atoms. The van der Waals surface area contributed by atoms with E-state index in [9.17, 15) is 24.9 Å². The number of carbonyl (C=O) groups is 1. The van der Waals surface area contributed by atoms with E-state index in [1.54, 1.807) is 0 Å². The van der Waals surface area contributed by atoms with E-state index in [1.807, 2.05) is 0 Å². The van der Waals surface area contributed by atoms with Gasteiger partial charge in [-0.15, -0.1) is 0 Å². The standard InChI is InChI=1S/C13H16N6O6/c1-13(24)7(21)4(2-20)25-12(13)19-10-5(8(14)16-3-17-10)18-6(9(15)22)11(19)23/h3-4,7,12,20-21,24H,2H2,1H3,(H2,15,22)(H2,14,16,17)/t4?,7-,12?,13?/m1/s1. The summed E-state index contributed by atoms with van der Waals surface area (Å²) in [4.78, 5) is 35.7. The summed E-state index contributed by atoms with van der Waals surface area (Å²) in [6, 6.07) is 0. The van der Waals surface area contributed by atoms with E-state index < -0.39 is 47.8 Å². The molecular formula is C13H16N6O6. The lowest BCUT2D eigenvalue weighted by Gasteiger charge is -2.28. The zero-order valence-electron chi connectivity index (χ0n) is 13.0. The maximum atomic E-state index is 12.7. The highest BCUT2D eigenvalue weighted by Crippen LogP contribution is 2.38. The summed E-state index contributed by atoms with van der Waals surface area (Å²) in [7, 11) is 0. The number of nitrogens with zero attached hydrogens (tertiary/aromatic N) is 4. The number of hydrogen-bond acceptors (Lipinski definition) is 10. The Labute approximate surface area is 139 Å². The molecule has 4 atom stereocenters. The molecule has 1 aliphatic heterocycles. The molecule has 1 amide bonds. The van der Waals surface area contributed by atoms with Gasteiger partial charge in [-0.25, -0.2) is 15.0 Å². The van der Waals surface area contributed by atoms with Gasteiger partial charge in [0.05, 0.1) is 6.61 Å². The van der Waals surface area contributed by atoms with Crippen molar-refractivity contribution in [2.45, 2.75) is 31.0 Å². The fraction of sp³-hybridized carbons (Fsp3) is 0.462. The first-order valence-corrected chi connectivity index (χ1v) is 7.19. The van der Waals surface area contributed by atoms with Crippen molar-refractivity contribution in [2.75, 3.05) is 12.3 Å². The number of rotatable bonds is 3. The number of nitrogen functional groups attached to an aromatic ring is 1. The van der Waals surface area contributed by atoms with Gasteiger partial charge >= 0.3 is 0 Å². The average Bonchev–Trinajstić information content (AvgIpc) is 2.77. The van der Waals surface area contributed by atoms with Gasteiger partial charge in [-0.2, -0.15) is 0 Å². The fourth-order valence-electron chi connectivity index (χ4n) is 2.78. The highest BCUT2D eigenvalue weighted by molar-refractivity contribution is 5.93. The number of fused-ring (bicyclic) bond motifs is 1. The fourth-order valence-corrected chi connectivity index (χ4v) is 2.78. The van der Waals surface area contributed by atoms with Gasteiger partial charge in [0.2, 0.25) is 0 Å². The molecule has 2 aromatic rings. The molecule has 0 aliphatic carbocycles. The molecular weight excluding hydrogens is 336 g/mol. The molecule has 12 nitrogen and oxygen atoms in total. The van der Waals surface area contributed by atoms with Crippen LogP contribution in [0.25, 0.3) is 11.2 Å². The van der Waals surface area contributed by atoms with Gasteiger partial charge in [0.25, 0.3) is 11.5 Å². The van der Waals surface area contributed by atoms with Crippen LogP contribution in [0.2, 0.25) is 0 Å². The Balaban J connectivity index is 2.36. The molecule has 3 heterocycles. The quantitative estimate of drug-likeness (QED) is 0.376. The van der Waals surface area contributed by atoms with Crippen LogP contribution in [0.3, 0.4) is 0 Å². The van der Waals surface area contributed by atoms with Crippen molar-refractivity contribution in [1.82, 2.24) is 19.5 Å². The first kappa shape index (κ1) is 17.2. The monoisotopic (exact) mass is 352 g/mol. The van der Waals surface area contributed by atoms with Crippen LogP contribution in [-0.2, 0) is 4.74 Å². The second-order valence-electron chi connectivity index (χ2n) is 5.81. The van der Waals surface area contributed by atoms with E-state index in [-0.39, 0.29) is 17.0 Å². The molecule has 134 valence electrons. The Morgan fingerprint density at radius 2 is 2.16 bits per heavy atom. The van der Waals surface area contributed by atoms with Crippen LogP contribution in [0.15, 0.2) is 11.1 Å². The topological polar surface area (TPSA) is 200 Å². The maximum Gasteiger partial charge on any atom is 0.286 e. The lowest BCUT2D eigenvalue weighted by atomic mass is 9.96. The number of hydrogen-bond donors (Lipinski definition) is 5. The molecule has 3 rings (SSSR count). The molecule has 1 fully saturated rings. The van der Waals surface area contributed by atoms with Crippen molar-refractivity contribution in [3.63, 3.8) is 0 Å². The minimum absolute atomic E-state index is 0.0998. The molecule has 3 unspecified atom stereocenters. The molecule has 1 saturated heterocycles. The van der Waals surface area contributed by atoms with Gasteiger partial charge in [-0.05, 0) is 6.92 Å². The van der Waals surface area contributed by atoms with Gasteiger partial charge in [-0.1, -0.05) is 0 Å².